The van der Waals surface area contributed by atoms with E-state index in [1.165, 1.54) is 35.7 Å². The van der Waals surface area contributed by atoms with E-state index in [0.717, 1.165) is 4.31 Å². The standard InChI is InChI=1S/C27H31N3O8S2/c1-36-23-9-7-22(8-10-23)30(40(34,35)25-5-3-2-4-6-25)21-27(31)28-15-18-38-24-11-13-26(14-12-24)39(32,33)29-16-19-37-20-17-29/h2-14H,15-21H2,1H3,(H,28,31). The van der Waals surface area contributed by atoms with Crippen LogP contribution in [-0.2, 0) is 29.6 Å². The molecule has 0 bridgehead atoms. The van der Waals surface area contributed by atoms with Crippen molar-refractivity contribution in [1.82, 2.24) is 9.62 Å². The zero-order valence-electron chi connectivity index (χ0n) is 21.9. The Bertz CT molecular complexity index is 1470. The Morgan fingerprint density at radius 1 is 0.875 bits per heavy atom. The number of hydrogen-bond donors (Lipinski definition) is 1. The highest BCUT2D eigenvalue weighted by molar-refractivity contribution is 7.92. The summed E-state index contributed by atoms with van der Waals surface area (Å²) in [5, 5.41) is 2.67. The lowest BCUT2D eigenvalue weighted by Crippen LogP contribution is -2.41. The number of hydrogen-bond acceptors (Lipinski definition) is 8. The van der Waals surface area contributed by atoms with Crippen LogP contribution in [0, 0.1) is 0 Å². The monoisotopic (exact) mass is 589 g/mol. The van der Waals surface area contributed by atoms with Gasteiger partial charge in [0.15, 0.2) is 0 Å². The summed E-state index contributed by atoms with van der Waals surface area (Å²) in [6, 6.07) is 20.3. The van der Waals surface area contributed by atoms with Gasteiger partial charge in [-0.05, 0) is 60.7 Å². The van der Waals surface area contributed by atoms with E-state index in [1.54, 1.807) is 54.6 Å². The molecular weight excluding hydrogens is 558 g/mol. The smallest absolute Gasteiger partial charge is 0.264 e. The molecule has 1 aliphatic heterocycles. The number of rotatable bonds is 12. The summed E-state index contributed by atoms with van der Waals surface area (Å²) in [5.41, 5.74) is 0.308. The minimum absolute atomic E-state index is 0.0565. The Morgan fingerprint density at radius 2 is 1.50 bits per heavy atom. The van der Waals surface area contributed by atoms with E-state index in [4.69, 9.17) is 14.2 Å². The van der Waals surface area contributed by atoms with Crippen molar-refractivity contribution in [3.05, 3.63) is 78.9 Å². The van der Waals surface area contributed by atoms with E-state index in [2.05, 4.69) is 5.32 Å². The number of carbonyl (C=O) groups excluding carboxylic acids is 1. The van der Waals surface area contributed by atoms with Gasteiger partial charge in [-0.2, -0.15) is 4.31 Å². The maximum atomic E-state index is 13.4. The highest BCUT2D eigenvalue weighted by Crippen LogP contribution is 2.26. The minimum atomic E-state index is -4.03. The molecule has 0 spiro atoms. The Kier molecular flexibility index (Phi) is 9.63. The summed E-state index contributed by atoms with van der Waals surface area (Å²) in [6.45, 7) is 1.09. The molecule has 1 heterocycles. The van der Waals surface area contributed by atoms with Gasteiger partial charge in [-0.3, -0.25) is 9.10 Å². The maximum Gasteiger partial charge on any atom is 0.264 e. The summed E-state index contributed by atoms with van der Waals surface area (Å²) >= 11 is 0. The number of methoxy groups -OCH3 is 1. The lowest BCUT2D eigenvalue weighted by molar-refractivity contribution is -0.119. The van der Waals surface area contributed by atoms with Crippen molar-refractivity contribution < 1.29 is 35.8 Å². The van der Waals surface area contributed by atoms with Crippen molar-refractivity contribution in [2.45, 2.75) is 9.79 Å². The van der Waals surface area contributed by atoms with Crippen LogP contribution in [0.2, 0.25) is 0 Å². The van der Waals surface area contributed by atoms with E-state index < -0.39 is 32.5 Å². The van der Waals surface area contributed by atoms with Gasteiger partial charge >= 0.3 is 0 Å². The topological polar surface area (TPSA) is 132 Å². The molecule has 0 aromatic heterocycles. The first-order valence-corrected chi connectivity index (χ1v) is 15.4. The summed E-state index contributed by atoms with van der Waals surface area (Å²) in [6.07, 6.45) is 0. The SMILES string of the molecule is COc1ccc(N(CC(=O)NCCOc2ccc(S(=O)(=O)N3CCOCC3)cc2)S(=O)(=O)c2ccccc2)cc1. The fourth-order valence-corrected chi connectivity index (χ4v) is 6.82. The summed E-state index contributed by atoms with van der Waals surface area (Å²) < 4.78 is 70.7. The quantitative estimate of drug-likeness (QED) is 0.318. The molecule has 0 atom stereocenters. The van der Waals surface area contributed by atoms with E-state index in [1.807, 2.05) is 0 Å². The van der Waals surface area contributed by atoms with Crippen LogP contribution >= 0.6 is 0 Å². The third kappa shape index (κ3) is 7.10. The number of benzene rings is 3. The van der Waals surface area contributed by atoms with Crippen LogP contribution in [0.3, 0.4) is 0 Å². The first-order valence-electron chi connectivity index (χ1n) is 12.5. The van der Waals surface area contributed by atoms with Gasteiger partial charge in [0.2, 0.25) is 15.9 Å². The number of anilines is 1. The fraction of sp³-hybridized carbons (Fsp3) is 0.296. The van der Waals surface area contributed by atoms with Crippen molar-refractivity contribution in [3.63, 3.8) is 0 Å². The van der Waals surface area contributed by atoms with Gasteiger partial charge in [0, 0.05) is 13.1 Å². The Morgan fingerprint density at radius 3 is 2.12 bits per heavy atom. The van der Waals surface area contributed by atoms with Crippen LogP contribution in [-0.4, -0.2) is 80.2 Å². The largest absolute Gasteiger partial charge is 0.497 e. The van der Waals surface area contributed by atoms with Crippen LogP contribution < -0.4 is 19.1 Å². The van der Waals surface area contributed by atoms with Crippen molar-refractivity contribution in [1.29, 1.82) is 0 Å². The molecule has 0 unspecified atom stereocenters. The minimum Gasteiger partial charge on any atom is -0.497 e. The molecule has 4 rings (SSSR count). The fourth-order valence-electron chi connectivity index (χ4n) is 3.97. The summed E-state index contributed by atoms with van der Waals surface area (Å²) in [4.78, 5) is 13.0. The molecule has 11 nitrogen and oxygen atoms in total. The van der Waals surface area contributed by atoms with Crippen molar-refractivity contribution in [2.75, 3.05) is 57.4 Å². The second-order valence-corrected chi connectivity index (χ2v) is 12.5. The Labute approximate surface area is 234 Å². The average Bonchev–Trinajstić information content (AvgIpc) is 2.99. The highest BCUT2D eigenvalue weighted by atomic mass is 32.2. The molecule has 0 saturated carbocycles. The van der Waals surface area contributed by atoms with Gasteiger partial charge in [0.25, 0.3) is 10.0 Å². The number of carbonyl (C=O) groups is 1. The van der Waals surface area contributed by atoms with Crippen LogP contribution in [0.4, 0.5) is 5.69 Å². The van der Waals surface area contributed by atoms with E-state index >= 15 is 0 Å². The molecule has 214 valence electrons. The molecule has 1 fully saturated rings. The summed E-state index contributed by atoms with van der Waals surface area (Å²) in [5.74, 6) is 0.460. The molecule has 3 aromatic carbocycles. The molecule has 0 radical (unpaired) electrons. The van der Waals surface area contributed by atoms with E-state index in [0.29, 0.717) is 43.5 Å². The Hall–Kier alpha value is -3.65. The van der Waals surface area contributed by atoms with E-state index in [-0.39, 0.29) is 22.9 Å². The average molecular weight is 590 g/mol. The van der Waals surface area contributed by atoms with E-state index in [9.17, 15) is 21.6 Å². The molecule has 40 heavy (non-hydrogen) atoms. The molecule has 1 aliphatic rings. The molecular formula is C27H31N3O8S2. The first-order chi connectivity index (χ1) is 19.2. The van der Waals surface area contributed by atoms with Gasteiger partial charge in [-0.1, -0.05) is 18.2 Å². The third-order valence-corrected chi connectivity index (χ3v) is 9.80. The first kappa shape index (κ1) is 29.3. The van der Waals surface area contributed by atoms with Gasteiger partial charge in [0.1, 0.15) is 24.7 Å². The van der Waals surface area contributed by atoms with Crippen molar-refractivity contribution >= 4 is 31.6 Å². The summed E-state index contributed by atoms with van der Waals surface area (Å²) in [7, 11) is -6.13. The number of sulfonamides is 2. The van der Waals surface area contributed by atoms with Crippen LogP contribution in [0.15, 0.2) is 88.7 Å². The number of nitrogens with one attached hydrogen (secondary N) is 1. The third-order valence-electron chi connectivity index (χ3n) is 6.10. The van der Waals surface area contributed by atoms with Crippen LogP contribution in [0.1, 0.15) is 0 Å². The van der Waals surface area contributed by atoms with Gasteiger partial charge in [0.05, 0.1) is 42.3 Å². The highest BCUT2D eigenvalue weighted by Gasteiger charge is 2.28. The number of nitrogens with zero attached hydrogens (tertiary/aromatic N) is 2. The predicted molar refractivity (Wildman–Crippen MR) is 148 cm³/mol. The van der Waals surface area contributed by atoms with Crippen molar-refractivity contribution in [3.8, 4) is 11.5 Å². The Balaban J connectivity index is 1.34. The lowest BCUT2D eigenvalue weighted by Gasteiger charge is -2.26. The van der Waals surface area contributed by atoms with Gasteiger partial charge in [-0.25, -0.2) is 16.8 Å². The second-order valence-electron chi connectivity index (χ2n) is 8.71. The lowest BCUT2D eigenvalue weighted by atomic mass is 10.3. The molecule has 1 saturated heterocycles. The number of morpholine rings is 1. The second kappa shape index (κ2) is 13.1. The normalized spacial score (nSPS) is 14.3. The molecule has 13 heteroatoms. The zero-order chi connectivity index (χ0) is 28.6. The number of amides is 1. The van der Waals surface area contributed by atoms with Crippen molar-refractivity contribution in [2.24, 2.45) is 0 Å². The molecule has 3 aromatic rings. The van der Waals surface area contributed by atoms with Gasteiger partial charge < -0.3 is 19.5 Å². The molecule has 1 amide bonds. The molecule has 0 aliphatic carbocycles. The maximum absolute atomic E-state index is 13.4. The number of ether oxygens (including phenoxy) is 3. The van der Waals surface area contributed by atoms with Crippen LogP contribution in [0.5, 0.6) is 11.5 Å². The molecule has 1 N–H and O–H groups in total. The zero-order valence-corrected chi connectivity index (χ0v) is 23.6. The van der Waals surface area contributed by atoms with Crippen LogP contribution in [0.25, 0.3) is 0 Å². The van der Waals surface area contributed by atoms with Gasteiger partial charge in [-0.15, -0.1) is 0 Å². The predicted octanol–water partition coefficient (Wildman–Crippen LogP) is 2.11.